The first-order chi connectivity index (χ1) is 10.3. The summed E-state index contributed by atoms with van der Waals surface area (Å²) in [7, 11) is 1.67. The topological polar surface area (TPSA) is 42.0 Å². The Morgan fingerprint density at radius 3 is 2.36 bits per heavy atom. The predicted molar refractivity (Wildman–Crippen MR) is 90.7 cm³/mol. The van der Waals surface area contributed by atoms with Gasteiger partial charge in [0.1, 0.15) is 11.4 Å². The SMILES string of the molecule is COc1cc(Br)ccc1N1CCN(C(=O)OC(C)(C)C)CC1. The van der Waals surface area contributed by atoms with Crippen LogP contribution in [0.5, 0.6) is 5.75 Å². The maximum absolute atomic E-state index is 12.1. The summed E-state index contributed by atoms with van der Waals surface area (Å²) in [6.45, 7) is 8.46. The van der Waals surface area contributed by atoms with Crippen LogP contribution in [0.25, 0.3) is 0 Å². The molecule has 0 spiro atoms. The van der Waals surface area contributed by atoms with Crippen molar-refractivity contribution in [1.82, 2.24) is 4.90 Å². The van der Waals surface area contributed by atoms with E-state index < -0.39 is 5.60 Å². The van der Waals surface area contributed by atoms with Gasteiger partial charge in [0.15, 0.2) is 0 Å². The van der Waals surface area contributed by atoms with Crippen LogP contribution in [0.2, 0.25) is 0 Å². The predicted octanol–water partition coefficient (Wildman–Crippen LogP) is 3.51. The molecule has 0 radical (unpaired) electrons. The Morgan fingerprint density at radius 2 is 1.82 bits per heavy atom. The Balaban J connectivity index is 1.99. The molecule has 6 heteroatoms. The van der Waals surface area contributed by atoms with Crippen LogP contribution < -0.4 is 9.64 Å². The molecule has 5 nitrogen and oxygen atoms in total. The van der Waals surface area contributed by atoms with E-state index in [-0.39, 0.29) is 6.09 Å². The molecule has 0 bridgehead atoms. The van der Waals surface area contributed by atoms with Gasteiger partial charge in [0.25, 0.3) is 0 Å². The van der Waals surface area contributed by atoms with Crippen LogP contribution >= 0.6 is 15.9 Å². The summed E-state index contributed by atoms with van der Waals surface area (Å²) in [6.07, 6.45) is -0.241. The zero-order valence-electron chi connectivity index (χ0n) is 13.6. The summed E-state index contributed by atoms with van der Waals surface area (Å²) < 4.78 is 11.8. The van der Waals surface area contributed by atoms with Gasteiger partial charge in [-0.3, -0.25) is 0 Å². The minimum Gasteiger partial charge on any atom is -0.495 e. The van der Waals surface area contributed by atoms with Gasteiger partial charge in [-0.15, -0.1) is 0 Å². The van der Waals surface area contributed by atoms with Gasteiger partial charge in [-0.25, -0.2) is 4.79 Å². The highest BCUT2D eigenvalue weighted by Crippen LogP contribution is 2.32. The number of methoxy groups -OCH3 is 1. The first kappa shape index (κ1) is 16.9. The van der Waals surface area contributed by atoms with Crippen LogP contribution in [-0.2, 0) is 4.74 Å². The van der Waals surface area contributed by atoms with E-state index in [1.165, 1.54) is 0 Å². The molecule has 1 saturated heterocycles. The molecule has 22 heavy (non-hydrogen) atoms. The smallest absolute Gasteiger partial charge is 0.410 e. The molecule has 0 aromatic heterocycles. The maximum atomic E-state index is 12.1. The number of halogens is 1. The molecule has 0 N–H and O–H groups in total. The number of nitrogens with zero attached hydrogens (tertiary/aromatic N) is 2. The highest BCUT2D eigenvalue weighted by Gasteiger charge is 2.26. The number of hydrogen-bond donors (Lipinski definition) is 0. The molecule has 1 aromatic rings. The molecular formula is C16H23BrN2O3. The summed E-state index contributed by atoms with van der Waals surface area (Å²) in [4.78, 5) is 16.1. The summed E-state index contributed by atoms with van der Waals surface area (Å²) in [6, 6.07) is 5.99. The van der Waals surface area contributed by atoms with E-state index in [9.17, 15) is 4.79 Å². The molecule has 1 aromatic carbocycles. The standard InChI is InChI=1S/C16H23BrN2O3/c1-16(2,3)22-15(20)19-9-7-18(8-10-19)13-6-5-12(17)11-14(13)21-4/h5-6,11H,7-10H2,1-4H3. The second-order valence-electron chi connectivity index (χ2n) is 6.27. The lowest BCUT2D eigenvalue weighted by atomic mass is 10.2. The second-order valence-corrected chi connectivity index (χ2v) is 7.19. The third-order valence-corrected chi connectivity index (χ3v) is 3.91. The number of piperazine rings is 1. The van der Waals surface area contributed by atoms with Crippen molar-refractivity contribution >= 4 is 27.7 Å². The Hall–Kier alpha value is -1.43. The molecule has 0 atom stereocenters. The molecule has 122 valence electrons. The lowest BCUT2D eigenvalue weighted by Gasteiger charge is -2.37. The number of benzene rings is 1. The van der Waals surface area contributed by atoms with E-state index in [1.807, 2.05) is 39.0 Å². The summed E-state index contributed by atoms with van der Waals surface area (Å²) >= 11 is 3.45. The largest absolute Gasteiger partial charge is 0.495 e. The maximum Gasteiger partial charge on any atom is 0.410 e. The van der Waals surface area contributed by atoms with Crippen LogP contribution in [0.4, 0.5) is 10.5 Å². The highest BCUT2D eigenvalue weighted by molar-refractivity contribution is 9.10. The van der Waals surface area contributed by atoms with Gasteiger partial charge in [0.05, 0.1) is 12.8 Å². The van der Waals surface area contributed by atoms with E-state index in [2.05, 4.69) is 20.8 Å². The van der Waals surface area contributed by atoms with Crippen LogP contribution in [0.3, 0.4) is 0 Å². The molecule has 1 fully saturated rings. The fourth-order valence-corrected chi connectivity index (χ4v) is 2.71. The third kappa shape index (κ3) is 4.29. The lowest BCUT2D eigenvalue weighted by molar-refractivity contribution is 0.0240. The number of rotatable bonds is 2. The molecule has 1 heterocycles. The third-order valence-electron chi connectivity index (χ3n) is 3.41. The monoisotopic (exact) mass is 370 g/mol. The Labute approximate surface area is 140 Å². The van der Waals surface area contributed by atoms with Crippen molar-refractivity contribution in [2.24, 2.45) is 0 Å². The van der Waals surface area contributed by atoms with Crippen molar-refractivity contribution in [3.8, 4) is 5.75 Å². The fourth-order valence-electron chi connectivity index (χ4n) is 2.37. The van der Waals surface area contributed by atoms with Gasteiger partial charge in [0, 0.05) is 30.7 Å². The van der Waals surface area contributed by atoms with Gasteiger partial charge in [-0.1, -0.05) is 15.9 Å². The molecule has 1 aliphatic rings. The van der Waals surface area contributed by atoms with Gasteiger partial charge < -0.3 is 19.3 Å². The zero-order valence-corrected chi connectivity index (χ0v) is 15.1. The number of ether oxygens (including phenoxy) is 2. The number of hydrogen-bond acceptors (Lipinski definition) is 4. The van der Waals surface area contributed by atoms with Gasteiger partial charge >= 0.3 is 6.09 Å². The fraction of sp³-hybridized carbons (Fsp3) is 0.562. The van der Waals surface area contributed by atoms with E-state index >= 15 is 0 Å². The first-order valence-electron chi connectivity index (χ1n) is 7.36. The van der Waals surface area contributed by atoms with E-state index in [0.717, 1.165) is 29.0 Å². The minimum atomic E-state index is -0.455. The van der Waals surface area contributed by atoms with Crippen molar-refractivity contribution in [3.63, 3.8) is 0 Å². The van der Waals surface area contributed by atoms with Crippen LogP contribution in [0, 0.1) is 0 Å². The number of carbonyl (C=O) groups excluding carboxylic acids is 1. The molecule has 1 amide bonds. The van der Waals surface area contributed by atoms with Gasteiger partial charge in [-0.2, -0.15) is 0 Å². The van der Waals surface area contributed by atoms with E-state index in [1.54, 1.807) is 12.0 Å². The van der Waals surface area contributed by atoms with Crippen molar-refractivity contribution in [3.05, 3.63) is 22.7 Å². The van der Waals surface area contributed by atoms with Crippen molar-refractivity contribution in [2.45, 2.75) is 26.4 Å². The first-order valence-corrected chi connectivity index (χ1v) is 8.16. The minimum absolute atomic E-state index is 0.241. The van der Waals surface area contributed by atoms with Crippen molar-refractivity contribution in [1.29, 1.82) is 0 Å². The van der Waals surface area contributed by atoms with E-state index in [0.29, 0.717) is 13.1 Å². The van der Waals surface area contributed by atoms with Crippen molar-refractivity contribution in [2.75, 3.05) is 38.2 Å². The Bertz CT molecular complexity index is 535. The highest BCUT2D eigenvalue weighted by atomic mass is 79.9. The normalized spacial score (nSPS) is 15.7. The molecular weight excluding hydrogens is 348 g/mol. The molecule has 0 unspecified atom stereocenters. The average molecular weight is 371 g/mol. The lowest BCUT2D eigenvalue weighted by Crippen LogP contribution is -2.50. The number of carbonyl (C=O) groups is 1. The summed E-state index contributed by atoms with van der Waals surface area (Å²) in [5.41, 5.74) is 0.595. The zero-order chi connectivity index (χ0) is 16.3. The molecule has 0 saturated carbocycles. The van der Waals surface area contributed by atoms with Gasteiger partial charge in [-0.05, 0) is 39.0 Å². The number of anilines is 1. The average Bonchev–Trinajstić information content (AvgIpc) is 2.45. The van der Waals surface area contributed by atoms with E-state index in [4.69, 9.17) is 9.47 Å². The van der Waals surface area contributed by atoms with Crippen molar-refractivity contribution < 1.29 is 14.3 Å². The molecule has 0 aliphatic carbocycles. The Morgan fingerprint density at radius 1 is 1.18 bits per heavy atom. The summed E-state index contributed by atoms with van der Waals surface area (Å²) in [5.74, 6) is 0.833. The second kappa shape index (κ2) is 6.77. The summed E-state index contributed by atoms with van der Waals surface area (Å²) in [5, 5.41) is 0. The molecule has 2 rings (SSSR count). The number of amides is 1. The van der Waals surface area contributed by atoms with Crippen LogP contribution in [0.1, 0.15) is 20.8 Å². The Kier molecular flexibility index (Phi) is 5.21. The van der Waals surface area contributed by atoms with Crippen LogP contribution in [-0.4, -0.2) is 49.9 Å². The van der Waals surface area contributed by atoms with Gasteiger partial charge in [0.2, 0.25) is 0 Å². The molecule has 1 aliphatic heterocycles. The van der Waals surface area contributed by atoms with Crippen LogP contribution in [0.15, 0.2) is 22.7 Å². The quantitative estimate of drug-likeness (QED) is 0.798.